The fraction of sp³-hybridized carbons (Fsp3) is 0.538. The van der Waals surface area contributed by atoms with Crippen molar-refractivity contribution in [2.75, 3.05) is 11.9 Å². The highest BCUT2D eigenvalue weighted by atomic mass is 16.1. The summed E-state index contributed by atoms with van der Waals surface area (Å²) in [7, 11) is 2.05. The van der Waals surface area contributed by atoms with Crippen molar-refractivity contribution in [2.45, 2.75) is 32.7 Å². The first-order valence-corrected chi connectivity index (χ1v) is 5.79. The van der Waals surface area contributed by atoms with Gasteiger partial charge in [0.05, 0.1) is 0 Å². The zero-order chi connectivity index (χ0) is 11.7. The molecule has 1 aliphatic carbocycles. The highest BCUT2D eigenvalue weighted by Gasteiger charge is 2.31. The second kappa shape index (κ2) is 4.24. The normalized spacial score (nSPS) is 16.9. The van der Waals surface area contributed by atoms with Crippen molar-refractivity contribution in [3.63, 3.8) is 0 Å². The van der Waals surface area contributed by atoms with Crippen LogP contribution < -0.4 is 4.90 Å². The van der Waals surface area contributed by atoms with Crippen molar-refractivity contribution in [3.05, 3.63) is 23.9 Å². The summed E-state index contributed by atoms with van der Waals surface area (Å²) in [5, 5.41) is 0. The SMILES string of the molecule is CC(=O)c1ccnc(N(C)C(C)C2CC2)c1. The third-order valence-electron chi connectivity index (χ3n) is 3.43. The quantitative estimate of drug-likeness (QED) is 0.728. The molecule has 0 bridgehead atoms. The Hall–Kier alpha value is -1.38. The van der Waals surface area contributed by atoms with Crippen LogP contribution in [0.4, 0.5) is 5.82 Å². The molecule has 0 amide bonds. The Balaban J connectivity index is 2.18. The molecule has 86 valence electrons. The van der Waals surface area contributed by atoms with E-state index in [4.69, 9.17) is 0 Å². The van der Waals surface area contributed by atoms with Gasteiger partial charge in [0.1, 0.15) is 5.82 Å². The van der Waals surface area contributed by atoms with Crippen molar-refractivity contribution >= 4 is 11.6 Å². The summed E-state index contributed by atoms with van der Waals surface area (Å²) in [5.74, 6) is 1.79. The van der Waals surface area contributed by atoms with Gasteiger partial charge in [-0.05, 0) is 44.7 Å². The lowest BCUT2D eigenvalue weighted by molar-refractivity contribution is 0.101. The fourth-order valence-corrected chi connectivity index (χ4v) is 1.93. The number of anilines is 1. The predicted octanol–water partition coefficient (Wildman–Crippen LogP) is 2.52. The minimum Gasteiger partial charge on any atom is -0.357 e. The van der Waals surface area contributed by atoms with Gasteiger partial charge in [-0.25, -0.2) is 4.98 Å². The zero-order valence-corrected chi connectivity index (χ0v) is 10.1. The molecule has 0 saturated heterocycles. The summed E-state index contributed by atoms with van der Waals surface area (Å²) in [6, 6.07) is 4.15. The van der Waals surface area contributed by atoms with E-state index in [0.717, 1.165) is 17.3 Å². The largest absolute Gasteiger partial charge is 0.357 e. The predicted molar refractivity (Wildman–Crippen MR) is 64.8 cm³/mol. The van der Waals surface area contributed by atoms with Crippen LogP contribution in [0.25, 0.3) is 0 Å². The van der Waals surface area contributed by atoms with E-state index in [9.17, 15) is 4.79 Å². The number of aromatic nitrogens is 1. The first kappa shape index (κ1) is 11.1. The Morgan fingerprint density at radius 1 is 1.56 bits per heavy atom. The van der Waals surface area contributed by atoms with Crippen LogP contribution in [0.1, 0.15) is 37.0 Å². The standard InChI is InChI=1S/C13H18N2O/c1-9(11-4-5-11)15(3)13-8-12(10(2)16)6-7-14-13/h6-9,11H,4-5H2,1-3H3. The van der Waals surface area contributed by atoms with E-state index in [-0.39, 0.29) is 5.78 Å². The minimum absolute atomic E-state index is 0.0936. The first-order valence-electron chi connectivity index (χ1n) is 5.79. The van der Waals surface area contributed by atoms with Gasteiger partial charge in [0, 0.05) is 24.8 Å². The molecule has 1 heterocycles. The van der Waals surface area contributed by atoms with Crippen LogP contribution in [0.5, 0.6) is 0 Å². The van der Waals surface area contributed by atoms with Crippen LogP contribution in [0, 0.1) is 5.92 Å². The van der Waals surface area contributed by atoms with Crippen molar-refractivity contribution in [1.82, 2.24) is 4.98 Å². The van der Waals surface area contributed by atoms with Gasteiger partial charge in [-0.3, -0.25) is 4.79 Å². The molecule has 1 fully saturated rings. The van der Waals surface area contributed by atoms with Crippen molar-refractivity contribution < 1.29 is 4.79 Å². The van der Waals surface area contributed by atoms with E-state index in [2.05, 4.69) is 23.9 Å². The molecule has 0 aliphatic heterocycles. The number of nitrogens with zero attached hydrogens (tertiary/aromatic N) is 2. The topological polar surface area (TPSA) is 33.2 Å². The molecule has 1 aromatic rings. The maximum absolute atomic E-state index is 11.3. The summed E-state index contributed by atoms with van der Waals surface area (Å²) < 4.78 is 0. The number of carbonyl (C=O) groups excluding carboxylic acids is 1. The first-order chi connectivity index (χ1) is 7.59. The number of rotatable bonds is 4. The molecule has 0 N–H and O–H groups in total. The van der Waals surface area contributed by atoms with Gasteiger partial charge in [-0.2, -0.15) is 0 Å². The minimum atomic E-state index is 0.0936. The Kier molecular flexibility index (Phi) is 2.95. The zero-order valence-electron chi connectivity index (χ0n) is 10.1. The van der Waals surface area contributed by atoms with Crippen LogP contribution in [0.2, 0.25) is 0 Å². The van der Waals surface area contributed by atoms with E-state index in [1.807, 2.05) is 6.07 Å². The summed E-state index contributed by atoms with van der Waals surface area (Å²) in [4.78, 5) is 17.8. The number of carbonyl (C=O) groups is 1. The maximum atomic E-state index is 11.3. The molecule has 3 nitrogen and oxygen atoms in total. The highest BCUT2D eigenvalue weighted by molar-refractivity contribution is 5.94. The van der Waals surface area contributed by atoms with Crippen LogP contribution >= 0.6 is 0 Å². The van der Waals surface area contributed by atoms with Crippen molar-refractivity contribution in [1.29, 1.82) is 0 Å². The molecule has 0 radical (unpaired) electrons. The van der Waals surface area contributed by atoms with E-state index < -0.39 is 0 Å². The Morgan fingerprint density at radius 2 is 2.25 bits per heavy atom. The van der Waals surface area contributed by atoms with E-state index in [1.54, 1.807) is 19.2 Å². The average molecular weight is 218 g/mol. The van der Waals surface area contributed by atoms with Gasteiger partial charge in [-0.1, -0.05) is 0 Å². The number of ketones is 1. The Morgan fingerprint density at radius 3 is 2.81 bits per heavy atom. The summed E-state index contributed by atoms with van der Waals surface area (Å²) in [6.45, 7) is 3.81. The monoisotopic (exact) mass is 218 g/mol. The van der Waals surface area contributed by atoms with Gasteiger partial charge in [-0.15, -0.1) is 0 Å². The molecule has 1 aromatic heterocycles. The van der Waals surface area contributed by atoms with E-state index >= 15 is 0 Å². The molecular formula is C13H18N2O. The molecule has 0 spiro atoms. The highest BCUT2D eigenvalue weighted by Crippen LogP contribution is 2.35. The van der Waals surface area contributed by atoms with Crippen LogP contribution in [-0.2, 0) is 0 Å². The molecule has 2 rings (SSSR count). The van der Waals surface area contributed by atoms with E-state index in [0.29, 0.717) is 6.04 Å². The molecular weight excluding hydrogens is 200 g/mol. The molecule has 16 heavy (non-hydrogen) atoms. The third kappa shape index (κ3) is 2.23. The van der Waals surface area contributed by atoms with E-state index in [1.165, 1.54) is 12.8 Å². The smallest absolute Gasteiger partial charge is 0.159 e. The lowest BCUT2D eigenvalue weighted by Gasteiger charge is -2.26. The van der Waals surface area contributed by atoms with Crippen LogP contribution in [0.3, 0.4) is 0 Å². The number of hydrogen-bond acceptors (Lipinski definition) is 3. The molecule has 1 aliphatic rings. The van der Waals surface area contributed by atoms with Crippen LogP contribution in [-0.4, -0.2) is 23.9 Å². The molecule has 1 saturated carbocycles. The third-order valence-corrected chi connectivity index (χ3v) is 3.43. The van der Waals surface area contributed by atoms with Gasteiger partial charge >= 0.3 is 0 Å². The van der Waals surface area contributed by atoms with Gasteiger partial charge in [0.25, 0.3) is 0 Å². The molecule has 3 heteroatoms. The van der Waals surface area contributed by atoms with Gasteiger partial charge < -0.3 is 4.90 Å². The molecule has 1 unspecified atom stereocenters. The van der Waals surface area contributed by atoms with Gasteiger partial charge in [0.15, 0.2) is 5.78 Å². The summed E-state index contributed by atoms with van der Waals surface area (Å²) in [6.07, 6.45) is 4.35. The van der Waals surface area contributed by atoms with Crippen molar-refractivity contribution in [2.24, 2.45) is 5.92 Å². The summed E-state index contributed by atoms with van der Waals surface area (Å²) >= 11 is 0. The average Bonchev–Trinajstić information content (AvgIpc) is 3.11. The van der Waals surface area contributed by atoms with Crippen LogP contribution in [0.15, 0.2) is 18.3 Å². The van der Waals surface area contributed by atoms with Gasteiger partial charge in [0.2, 0.25) is 0 Å². The lowest BCUT2D eigenvalue weighted by atomic mass is 10.1. The maximum Gasteiger partial charge on any atom is 0.159 e. The van der Waals surface area contributed by atoms with Crippen molar-refractivity contribution in [3.8, 4) is 0 Å². The second-order valence-electron chi connectivity index (χ2n) is 4.65. The second-order valence-corrected chi connectivity index (χ2v) is 4.65. The number of pyridine rings is 1. The Bertz CT molecular complexity index is 399. The Labute approximate surface area is 96.5 Å². The lowest BCUT2D eigenvalue weighted by Crippen LogP contribution is -2.31. The number of hydrogen-bond donors (Lipinski definition) is 0. The molecule has 1 atom stereocenters. The number of Topliss-reactive ketones (excluding diaryl/α,β-unsaturated/α-hetero) is 1. The fourth-order valence-electron chi connectivity index (χ4n) is 1.93. The molecule has 0 aromatic carbocycles. The summed E-state index contributed by atoms with van der Waals surface area (Å²) in [5.41, 5.74) is 0.736.